The van der Waals surface area contributed by atoms with Crippen LogP contribution in [0.1, 0.15) is 13.8 Å². The third-order valence-corrected chi connectivity index (χ3v) is 3.86. The van der Waals surface area contributed by atoms with E-state index in [4.69, 9.17) is 5.73 Å². The van der Waals surface area contributed by atoms with Gasteiger partial charge in [0.15, 0.2) is 0 Å². The molecule has 0 aliphatic rings. The van der Waals surface area contributed by atoms with E-state index in [0.717, 1.165) is 0 Å². The van der Waals surface area contributed by atoms with E-state index in [0.29, 0.717) is 11.0 Å². The van der Waals surface area contributed by atoms with Gasteiger partial charge < -0.3 is 10.7 Å². The summed E-state index contributed by atoms with van der Waals surface area (Å²) in [6.45, 7) is 3.68. The van der Waals surface area contributed by atoms with Crippen LogP contribution in [-0.2, 0) is 10.0 Å². The number of hydrogen-bond acceptors (Lipinski definition) is 4. The largest absolute Gasteiger partial charge is 0.345 e. The summed E-state index contributed by atoms with van der Waals surface area (Å²) in [5.74, 6) is 0. The van der Waals surface area contributed by atoms with Gasteiger partial charge in [0, 0.05) is 29.9 Å². The van der Waals surface area contributed by atoms with E-state index < -0.39 is 15.6 Å². The second-order valence-electron chi connectivity index (χ2n) is 4.87. The van der Waals surface area contributed by atoms with E-state index in [-0.39, 0.29) is 11.4 Å². The lowest BCUT2D eigenvalue weighted by Gasteiger charge is -2.18. The molecule has 2 rings (SSSR count). The van der Waals surface area contributed by atoms with Crippen molar-refractivity contribution in [2.45, 2.75) is 24.3 Å². The lowest BCUT2D eigenvalue weighted by atomic mass is 10.1. The first-order chi connectivity index (χ1) is 8.30. The van der Waals surface area contributed by atoms with Crippen molar-refractivity contribution in [2.24, 2.45) is 5.73 Å². The van der Waals surface area contributed by atoms with E-state index in [1.807, 2.05) is 0 Å². The molecule has 0 saturated heterocycles. The fourth-order valence-corrected chi connectivity index (χ4v) is 2.90. The predicted octanol–water partition coefficient (Wildman–Crippen LogP) is 0.579. The van der Waals surface area contributed by atoms with Crippen molar-refractivity contribution >= 4 is 21.1 Å². The fraction of sp³-hybridized carbons (Fsp3) is 0.364. The van der Waals surface area contributed by atoms with E-state index in [9.17, 15) is 8.42 Å². The van der Waals surface area contributed by atoms with Crippen molar-refractivity contribution in [1.29, 1.82) is 0 Å². The van der Waals surface area contributed by atoms with Gasteiger partial charge in [0.2, 0.25) is 10.0 Å². The Morgan fingerprint density at radius 1 is 1.50 bits per heavy atom. The van der Waals surface area contributed by atoms with Crippen LogP contribution in [0.4, 0.5) is 0 Å². The van der Waals surface area contributed by atoms with Crippen LogP contribution >= 0.6 is 0 Å². The molecule has 0 atom stereocenters. The quantitative estimate of drug-likeness (QED) is 0.755. The Bertz CT molecular complexity index is 655. The number of sulfonamides is 1. The Kier molecular flexibility index (Phi) is 3.14. The lowest BCUT2D eigenvalue weighted by Crippen LogP contribution is -2.44. The fourth-order valence-electron chi connectivity index (χ4n) is 1.51. The van der Waals surface area contributed by atoms with Crippen LogP contribution in [0.3, 0.4) is 0 Å². The van der Waals surface area contributed by atoms with Gasteiger partial charge in [-0.1, -0.05) is 0 Å². The first-order valence-electron chi connectivity index (χ1n) is 5.50. The predicted molar refractivity (Wildman–Crippen MR) is 69.5 cm³/mol. The Hall–Kier alpha value is -1.44. The molecule has 0 aliphatic carbocycles. The number of fused-ring (bicyclic) bond motifs is 1. The Balaban J connectivity index is 2.36. The summed E-state index contributed by atoms with van der Waals surface area (Å²) in [7, 11) is -3.58. The smallest absolute Gasteiger partial charge is 0.242 e. The molecule has 98 valence electrons. The van der Waals surface area contributed by atoms with Crippen LogP contribution in [-0.4, -0.2) is 30.5 Å². The molecule has 0 aliphatic heterocycles. The number of aromatic amines is 1. The molecule has 0 bridgehead atoms. The number of nitrogens with two attached hydrogens (primary N) is 1. The number of hydrogen-bond donors (Lipinski definition) is 3. The summed E-state index contributed by atoms with van der Waals surface area (Å²) in [6.07, 6.45) is 3.04. The molecule has 2 heterocycles. The van der Waals surface area contributed by atoms with Crippen LogP contribution in [0.5, 0.6) is 0 Å². The number of pyridine rings is 1. The summed E-state index contributed by atoms with van der Waals surface area (Å²) < 4.78 is 26.8. The second kappa shape index (κ2) is 4.34. The number of aromatic nitrogens is 2. The molecule has 0 unspecified atom stereocenters. The maximum atomic E-state index is 12.1. The minimum Gasteiger partial charge on any atom is -0.345 e. The van der Waals surface area contributed by atoms with E-state index in [2.05, 4.69) is 14.7 Å². The minimum absolute atomic E-state index is 0.169. The average molecular weight is 268 g/mol. The Labute approximate surface area is 106 Å². The Morgan fingerprint density at radius 2 is 2.22 bits per heavy atom. The maximum Gasteiger partial charge on any atom is 0.242 e. The highest BCUT2D eigenvalue weighted by Crippen LogP contribution is 2.20. The van der Waals surface area contributed by atoms with Gasteiger partial charge in [-0.05, 0) is 26.0 Å². The van der Waals surface area contributed by atoms with Gasteiger partial charge in [0.05, 0.1) is 0 Å². The molecule has 2 aromatic rings. The zero-order chi connectivity index (χ0) is 13.4. The first kappa shape index (κ1) is 13.0. The van der Waals surface area contributed by atoms with Crippen LogP contribution in [0.25, 0.3) is 11.0 Å². The van der Waals surface area contributed by atoms with Crippen molar-refractivity contribution in [2.75, 3.05) is 6.54 Å². The van der Waals surface area contributed by atoms with Crippen LogP contribution in [0.15, 0.2) is 29.4 Å². The van der Waals surface area contributed by atoms with Crippen molar-refractivity contribution < 1.29 is 8.42 Å². The summed E-state index contributed by atoms with van der Waals surface area (Å²) in [5.41, 5.74) is 5.71. The molecule has 0 amide bonds. The zero-order valence-electron chi connectivity index (χ0n) is 10.3. The summed E-state index contributed by atoms with van der Waals surface area (Å²) in [4.78, 5) is 7.07. The molecule has 6 nitrogen and oxygen atoms in total. The summed E-state index contributed by atoms with van der Waals surface area (Å²) in [6, 6.07) is 3.41. The Morgan fingerprint density at radius 3 is 2.89 bits per heavy atom. The normalized spacial score (nSPS) is 13.1. The summed E-state index contributed by atoms with van der Waals surface area (Å²) >= 11 is 0. The number of nitrogens with one attached hydrogen (secondary N) is 2. The van der Waals surface area contributed by atoms with Gasteiger partial charge in [-0.2, -0.15) is 0 Å². The van der Waals surface area contributed by atoms with Gasteiger partial charge in [0.1, 0.15) is 10.5 Å². The van der Waals surface area contributed by atoms with Gasteiger partial charge in [-0.15, -0.1) is 0 Å². The highest BCUT2D eigenvalue weighted by molar-refractivity contribution is 7.89. The molecule has 0 fully saturated rings. The van der Waals surface area contributed by atoms with E-state index in [1.54, 1.807) is 32.2 Å². The summed E-state index contributed by atoms with van der Waals surface area (Å²) in [5, 5.41) is 0.569. The number of H-pyrrole nitrogens is 1. The molecule has 2 aromatic heterocycles. The van der Waals surface area contributed by atoms with E-state index >= 15 is 0 Å². The first-order valence-corrected chi connectivity index (χ1v) is 6.99. The van der Waals surface area contributed by atoms with Gasteiger partial charge in [-0.25, -0.2) is 18.1 Å². The molecule has 7 heteroatoms. The standard InChI is InChI=1S/C11H16N4O2S/c1-11(2,12)7-15-18(16,17)9-6-14-10-8(9)4-3-5-13-10/h3-6,15H,7,12H2,1-2H3,(H,13,14). The van der Waals surface area contributed by atoms with Gasteiger partial charge in [0.25, 0.3) is 0 Å². The lowest BCUT2D eigenvalue weighted by molar-refractivity contribution is 0.498. The second-order valence-corrected chi connectivity index (χ2v) is 6.60. The number of rotatable bonds is 4. The monoisotopic (exact) mass is 268 g/mol. The van der Waals surface area contributed by atoms with Crippen LogP contribution in [0, 0.1) is 0 Å². The van der Waals surface area contributed by atoms with Crippen LogP contribution in [0.2, 0.25) is 0 Å². The molecular formula is C11H16N4O2S. The molecular weight excluding hydrogens is 252 g/mol. The molecule has 4 N–H and O–H groups in total. The van der Waals surface area contributed by atoms with Gasteiger partial charge >= 0.3 is 0 Å². The molecule has 0 saturated carbocycles. The van der Waals surface area contributed by atoms with Crippen LogP contribution < -0.4 is 10.5 Å². The van der Waals surface area contributed by atoms with Crippen molar-refractivity contribution in [3.63, 3.8) is 0 Å². The third kappa shape index (κ3) is 2.69. The third-order valence-electron chi connectivity index (χ3n) is 2.42. The molecule has 0 aromatic carbocycles. The molecule has 18 heavy (non-hydrogen) atoms. The highest BCUT2D eigenvalue weighted by atomic mass is 32.2. The van der Waals surface area contributed by atoms with Gasteiger partial charge in [-0.3, -0.25) is 0 Å². The molecule has 0 spiro atoms. The van der Waals surface area contributed by atoms with Crippen molar-refractivity contribution in [3.8, 4) is 0 Å². The van der Waals surface area contributed by atoms with Crippen molar-refractivity contribution in [3.05, 3.63) is 24.5 Å². The van der Waals surface area contributed by atoms with E-state index in [1.165, 1.54) is 6.20 Å². The maximum absolute atomic E-state index is 12.1. The SMILES string of the molecule is CC(C)(N)CNS(=O)(=O)c1c[nH]c2ncccc12. The van der Waals surface area contributed by atoms with Crippen molar-refractivity contribution in [1.82, 2.24) is 14.7 Å². The minimum atomic E-state index is -3.58. The molecule has 0 radical (unpaired) electrons. The number of nitrogens with zero attached hydrogens (tertiary/aromatic N) is 1. The topological polar surface area (TPSA) is 101 Å². The highest BCUT2D eigenvalue weighted by Gasteiger charge is 2.21. The average Bonchev–Trinajstić information content (AvgIpc) is 2.70. The zero-order valence-corrected chi connectivity index (χ0v) is 11.1.